The number of pyridine rings is 1. The van der Waals surface area contributed by atoms with Crippen molar-refractivity contribution < 1.29 is 9.53 Å². The first kappa shape index (κ1) is 19.1. The lowest BCUT2D eigenvalue weighted by molar-refractivity contribution is -0.121. The van der Waals surface area contributed by atoms with Crippen LogP contribution < -0.4 is 10.1 Å². The van der Waals surface area contributed by atoms with Gasteiger partial charge in [0.05, 0.1) is 17.2 Å². The molecule has 0 bridgehead atoms. The normalized spacial score (nSPS) is 10.6. The first-order chi connectivity index (χ1) is 13.3. The maximum atomic E-state index is 12.2. The lowest BCUT2D eigenvalue weighted by Crippen LogP contribution is -2.23. The highest BCUT2D eigenvalue weighted by Gasteiger charge is 2.09. The molecule has 0 aliphatic heterocycles. The van der Waals surface area contributed by atoms with E-state index in [0.717, 1.165) is 40.5 Å². The average Bonchev–Trinajstić information content (AvgIpc) is 3.25. The standard InChI is InChI=1S/C22H24N2O2S/c1-2-14-26-19-10-7-17(8-11-19)9-12-21(25)24-16-18-5-3-13-23-22(18)20-6-4-15-27-20/h3-8,10-11,13,15H,2,9,12,14,16H2,1H3,(H,24,25). The number of rotatable bonds is 9. The van der Waals surface area contributed by atoms with Crippen LogP contribution in [0, 0.1) is 0 Å². The predicted molar refractivity (Wildman–Crippen MR) is 110 cm³/mol. The van der Waals surface area contributed by atoms with Gasteiger partial charge in [0.2, 0.25) is 5.91 Å². The van der Waals surface area contributed by atoms with E-state index in [-0.39, 0.29) is 5.91 Å². The molecule has 140 valence electrons. The molecule has 2 heterocycles. The zero-order valence-electron chi connectivity index (χ0n) is 15.5. The van der Waals surface area contributed by atoms with Gasteiger partial charge >= 0.3 is 0 Å². The Balaban J connectivity index is 1.49. The van der Waals surface area contributed by atoms with Crippen LogP contribution in [0.15, 0.2) is 60.1 Å². The topological polar surface area (TPSA) is 51.2 Å². The molecular formula is C22H24N2O2S. The first-order valence-electron chi connectivity index (χ1n) is 9.22. The molecule has 3 rings (SSSR count). The second kappa shape index (κ2) is 9.88. The maximum Gasteiger partial charge on any atom is 0.220 e. The highest BCUT2D eigenvalue weighted by atomic mass is 32.1. The van der Waals surface area contributed by atoms with E-state index in [4.69, 9.17) is 4.74 Å². The largest absolute Gasteiger partial charge is 0.494 e. The van der Waals surface area contributed by atoms with Gasteiger partial charge in [-0.2, -0.15) is 0 Å². The zero-order chi connectivity index (χ0) is 18.9. The fourth-order valence-electron chi connectivity index (χ4n) is 2.73. The zero-order valence-corrected chi connectivity index (χ0v) is 16.3. The molecule has 4 nitrogen and oxygen atoms in total. The third-order valence-corrected chi connectivity index (χ3v) is 5.04. The summed E-state index contributed by atoms with van der Waals surface area (Å²) in [5.41, 5.74) is 3.11. The first-order valence-corrected chi connectivity index (χ1v) is 10.1. The minimum absolute atomic E-state index is 0.0438. The van der Waals surface area contributed by atoms with Crippen molar-refractivity contribution >= 4 is 17.2 Å². The molecule has 0 unspecified atom stereocenters. The van der Waals surface area contributed by atoms with Crippen LogP contribution in [0.5, 0.6) is 5.75 Å². The van der Waals surface area contributed by atoms with Crippen molar-refractivity contribution in [1.29, 1.82) is 0 Å². The summed E-state index contributed by atoms with van der Waals surface area (Å²) in [6, 6.07) is 15.9. The molecule has 0 fully saturated rings. The quantitative estimate of drug-likeness (QED) is 0.577. The van der Waals surface area contributed by atoms with Crippen LogP contribution in [-0.4, -0.2) is 17.5 Å². The monoisotopic (exact) mass is 380 g/mol. The van der Waals surface area contributed by atoms with Crippen LogP contribution in [-0.2, 0) is 17.8 Å². The van der Waals surface area contributed by atoms with E-state index in [0.29, 0.717) is 19.4 Å². The number of thiophene rings is 1. The van der Waals surface area contributed by atoms with Gasteiger partial charge in [-0.1, -0.05) is 31.2 Å². The van der Waals surface area contributed by atoms with E-state index in [2.05, 4.69) is 17.2 Å². The van der Waals surface area contributed by atoms with Crippen molar-refractivity contribution in [1.82, 2.24) is 10.3 Å². The molecular weight excluding hydrogens is 356 g/mol. The van der Waals surface area contributed by atoms with Gasteiger partial charge < -0.3 is 10.1 Å². The molecule has 0 saturated heterocycles. The highest BCUT2D eigenvalue weighted by Crippen LogP contribution is 2.25. The summed E-state index contributed by atoms with van der Waals surface area (Å²) >= 11 is 1.65. The third-order valence-electron chi connectivity index (χ3n) is 4.16. The van der Waals surface area contributed by atoms with Crippen molar-refractivity contribution in [3.05, 3.63) is 71.2 Å². The van der Waals surface area contributed by atoms with Gasteiger partial charge in [-0.3, -0.25) is 9.78 Å². The number of nitrogens with one attached hydrogen (secondary N) is 1. The summed E-state index contributed by atoms with van der Waals surface area (Å²) in [4.78, 5) is 17.8. The van der Waals surface area contributed by atoms with E-state index in [1.54, 1.807) is 17.5 Å². The number of carbonyl (C=O) groups excluding carboxylic acids is 1. The minimum atomic E-state index is 0.0438. The van der Waals surface area contributed by atoms with Crippen LogP contribution >= 0.6 is 11.3 Å². The fourth-order valence-corrected chi connectivity index (χ4v) is 3.49. The molecule has 0 radical (unpaired) electrons. The molecule has 3 aromatic rings. The Morgan fingerprint density at radius 1 is 1.15 bits per heavy atom. The number of benzene rings is 1. The van der Waals surface area contributed by atoms with Crippen LogP contribution in [0.2, 0.25) is 0 Å². The SMILES string of the molecule is CCCOc1ccc(CCC(=O)NCc2cccnc2-c2cccs2)cc1. The number of ether oxygens (including phenoxy) is 1. The maximum absolute atomic E-state index is 12.2. The molecule has 5 heteroatoms. The second-order valence-corrected chi connectivity index (χ2v) is 7.21. The number of aryl methyl sites for hydroxylation is 1. The number of carbonyl (C=O) groups is 1. The summed E-state index contributed by atoms with van der Waals surface area (Å²) in [6.07, 6.45) is 3.95. The van der Waals surface area contributed by atoms with E-state index in [9.17, 15) is 4.79 Å². The van der Waals surface area contributed by atoms with Crippen molar-refractivity contribution in [2.45, 2.75) is 32.7 Å². The van der Waals surface area contributed by atoms with E-state index in [1.165, 1.54) is 0 Å². The number of aromatic nitrogens is 1. The van der Waals surface area contributed by atoms with Crippen molar-refractivity contribution in [3.63, 3.8) is 0 Å². The van der Waals surface area contributed by atoms with Crippen molar-refractivity contribution in [2.24, 2.45) is 0 Å². The summed E-state index contributed by atoms with van der Waals surface area (Å²) < 4.78 is 5.58. The number of amides is 1. The summed E-state index contributed by atoms with van der Waals surface area (Å²) in [7, 11) is 0. The molecule has 0 saturated carbocycles. The minimum Gasteiger partial charge on any atom is -0.494 e. The lowest BCUT2D eigenvalue weighted by atomic mass is 10.1. The van der Waals surface area contributed by atoms with E-state index >= 15 is 0 Å². The Labute approximate surface area is 164 Å². The molecule has 1 amide bonds. The fraction of sp³-hybridized carbons (Fsp3) is 0.273. The van der Waals surface area contributed by atoms with Crippen LogP contribution in [0.1, 0.15) is 30.9 Å². The highest BCUT2D eigenvalue weighted by molar-refractivity contribution is 7.13. The van der Waals surface area contributed by atoms with Gasteiger partial charge in [0, 0.05) is 19.2 Å². The van der Waals surface area contributed by atoms with E-state index < -0.39 is 0 Å². The average molecular weight is 381 g/mol. The third kappa shape index (κ3) is 5.66. The van der Waals surface area contributed by atoms with Crippen molar-refractivity contribution in [2.75, 3.05) is 6.61 Å². The molecule has 1 N–H and O–H groups in total. The van der Waals surface area contributed by atoms with Gasteiger partial charge in [0.25, 0.3) is 0 Å². The van der Waals surface area contributed by atoms with E-state index in [1.807, 2.05) is 53.9 Å². The second-order valence-electron chi connectivity index (χ2n) is 6.26. The van der Waals surface area contributed by atoms with Crippen LogP contribution in [0.25, 0.3) is 10.6 Å². The van der Waals surface area contributed by atoms with Gasteiger partial charge in [-0.05, 0) is 53.6 Å². The van der Waals surface area contributed by atoms with Crippen LogP contribution in [0.4, 0.5) is 0 Å². The summed E-state index contributed by atoms with van der Waals surface area (Å²) in [5.74, 6) is 0.921. The molecule has 1 aromatic carbocycles. The molecule has 27 heavy (non-hydrogen) atoms. The Bertz CT molecular complexity index is 845. The molecule has 0 aliphatic carbocycles. The predicted octanol–water partition coefficient (Wildman–Crippen LogP) is 4.85. The Hall–Kier alpha value is -2.66. The molecule has 0 atom stereocenters. The van der Waals surface area contributed by atoms with Gasteiger partial charge in [0.1, 0.15) is 5.75 Å². The lowest BCUT2D eigenvalue weighted by Gasteiger charge is -2.09. The van der Waals surface area contributed by atoms with Crippen LogP contribution in [0.3, 0.4) is 0 Å². The Morgan fingerprint density at radius 2 is 2.00 bits per heavy atom. The Morgan fingerprint density at radius 3 is 2.74 bits per heavy atom. The summed E-state index contributed by atoms with van der Waals surface area (Å²) in [6.45, 7) is 3.30. The molecule has 0 aliphatic rings. The molecule has 2 aromatic heterocycles. The summed E-state index contributed by atoms with van der Waals surface area (Å²) in [5, 5.41) is 5.04. The number of nitrogens with zero attached hydrogens (tertiary/aromatic N) is 1. The van der Waals surface area contributed by atoms with Crippen molar-refractivity contribution in [3.8, 4) is 16.3 Å². The smallest absolute Gasteiger partial charge is 0.220 e. The van der Waals surface area contributed by atoms with Gasteiger partial charge in [-0.15, -0.1) is 11.3 Å². The Kier molecular flexibility index (Phi) is 6.99. The van der Waals surface area contributed by atoms with Gasteiger partial charge in [0.15, 0.2) is 0 Å². The number of hydrogen-bond acceptors (Lipinski definition) is 4. The van der Waals surface area contributed by atoms with Gasteiger partial charge in [-0.25, -0.2) is 0 Å². The number of hydrogen-bond donors (Lipinski definition) is 1. The molecule has 0 spiro atoms.